The molecule has 3 aromatic carbocycles. The van der Waals surface area contributed by atoms with Crippen LogP contribution in [0.2, 0.25) is 5.02 Å². The molecule has 0 spiro atoms. The summed E-state index contributed by atoms with van der Waals surface area (Å²) in [6.07, 6.45) is 0.860. The normalized spacial score (nSPS) is 15.9. The Morgan fingerprint density at radius 3 is 2.29 bits per heavy atom. The second kappa shape index (κ2) is 11.6. The largest absolute Gasteiger partial charge is 0.369 e. The fourth-order valence-corrected chi connectivity index (χ4v) is 6.21. The van der Waals surface area contributed by atoms with Crippen molar-refractivity contribution in [2.24, 2.45) is 0 Å². The molecule has 186 valence electrons. The molecule has 0 N–H and O–H groups in total. The smallest absolute Gasteiger partial charge is 0.242 e. The van der Waals surface area contributed by atoms with E-state index in [0.29, 0.717) is 16.5 Å². The third-order valence-electron chi connectivity index (χ3n) is 6.87. The molecule has 1 atom stereocenters. The molecule has 1 unspecified atom stereocenters. The van der Waals surface area contributed by atoms with Gasteiger partial charge in [-0.3, -0.25) is 4.90 Å². The van der Waals surface area contributed by atoms with Crippen LogP contribution in [0.25, 0.3) is 0 Å². The van der Waals surface area contributed by atoms with E-state index in [0.717, 1.165) is 44.7 Å². The van der Waals surface area contributed by atoms with E-state index in [2.05, 4.69) is 47.1 Å². The van der Waals surface area contributed by atoms with E-state index in [9.17, 15) is 8.42 Å². The summed E-state index contributed by atoms with van der Waals surface area (Å²) in [6.45, 7) is 7.46. The van der Waals surface area contributed by atoms with Crippen molar-refractivity contribution in [3.63, 3.8) is 0 Å². The lowest BCUT2D eigenvalue weighted by molar-refractivity contribution is 0.244. The Morgan fingerprint density at radius 2 is 1.60 bits per heavy atom. The highest BCUT2D eigenvalue weighted by molar-refractivity contribution is 7.89. The number of hydrogen-bond donors (Lipinski definition) is 0. The number of sulfonamides is 1. The van der Waals surface area contributed by atoms with Crippen LogP contribution in [0, 0.1) is 6.92 Å². The number of halogens is 1. The van der Waals surface area contributed by atoms with Crippen molar-refractivity contribution in [2.45, 2.75) is 24.2 Å². The molecule has 0 radical (unpaired) electrons. The van der Waals surface area contributed by atoms with Crippen LogP contribution in [-0.4, -0.2) is 63.9 Å². The van der Waals surface area contributed by atoms with E-state index in [4.69, 9.17) is 11.6 Å². The number of benzene rings is 3. The van der Waals surface area contributed by atoms with Gasteiger partial charge >= 0.3 is 0 Å². The van der Waals surface area contributed by atoms with Crippen molar-refractivity contribution in [3.05, 3.63) is 95.0 Å². The summed E-state index contributed by atoms with van der Waals surface area (Å²) in [5, 5.41) is 0.674. The number of aryl methyl sites for hydroxylation is 1. The SMILES string of the molecule is Cc1ccccc1N1CCN(CCC(CN(C)S(=O)(=O)c2ccccc2)c2cccc(Cl)c2)CC1. The molecule has 4 rings (SSSR count). The zero-order valence-electron chi connectivity index (χ0n) is 20.5. The Labute approximate surface area is 215 Å². The predicted octanol–water partition coefficient (Wildman–Crippen LogP) is 5.27. The highest BCUT2D eigenvalue weighted by atomic mass is 35.5. The molecule has 0 aliphatic carbocycles. The molecule has 0 amide bonds. The highest BCUT2D eigenvalue weighted by Gasteiger charge is 2.26. The summed E-state index contributed by atoms with van der Waals surface area (Å²) < 4.78 is 27.8. The van der Waals surface area contributed by atoms with Crippen molar-refractivity contribution >= 4 is 27.3 Å². The molecular weight excluding hydrogens is 478 g/mol. The zero-order chi connectivity index (χ0) is 24.8. The highest BCUT2D eigenvalue weighted by Crippen LogP contribution is 2.27. The van der Waals surface area contributed by atoms with Gasteiger partial charge in [-0.1, -0.05) is 60.1 Å². The molecule has 3 aromatic rings. The summed E-state index contributed by atoms with van der Waals surface area (Å²) >= 11 is 6.30. The maximum Gasteiger partial charge on any atom is 0.242 e. The Hall–Kier alpha value is -2.38. The Morgan fingerprint density at radius 1 is 0.914 bits per heavy atom. The van der Waals surface area contributed by atoms with Crippen LogP contribution < -0.4 is 4.90 Å². The van der Waals surface area contributed by atoms with Gasteiger partial charge in [-0.25, -0.2) is 12.7 Å². The minimum Gasteiger partial charge on any atom is -0.369 e. The van der Waals surface area contributed by atoms with Gasteiger partial charge < -0.3 is 4.90 Å². The van der Waals surface area contributed by atoms with Gasteiger partial charge in [0.2, 0.25) is 10.0 Å². The Bertz CT molecular complexity index is 1210. The average Bonchev–Trinajstić information content (AvgIpc) is 2.87. The first-order chi connectivity index (χ1) is 16.8. The maximum absolute atomic E-state index is 13.2. The first kappa shape index (κ1) is 25.7. The minimum absolute atomic E-state index is 0.0478. The number of anilines is 1. The molecule has 1 aliphatic rings. The minimum atomic E-state index is -3.56. The number of piperazine rings is 1. The molecule has 0 saturated carbocycles. The summed E-state index contributed by atoms with van der Waals surface area (Å²) in [5.74, 6) is 0.0478. The van der Waals surface area contributed by atoms with E-state index in [1.807, 2.05) is 24.3 Å². The monoisotopic (exact) mass is 511 g/mol. The molecule has 1 heterocycles. The quantitative estimate of drug-likeness (QED) is 0.393. The third-order valence-corrected chi connectivity index (χ3v) is 8.94. The van der Waals surface area contributed by atoms with Crippen molar-refractivity contribution in [1.29, 1.82) is 0 Å². The van der Waals surface area contributed by atoms with E-state index in [-0.39, 0.29) is 5.92 Å². The van der Waals surface area contributed by atoms with Crippen LogP contribution in [0.3, 0.4) is 0 Å². The first-order valence-electron chi connectivity index (χ1n) is 12.1. The van der Waals surface area contributed by atoms with Crippen LogP contribution in [0.5, 0.6) is 0 Å². The standard InChI is InChI=1S/C28H34ClN3O2S/c1-23-9-6-7-14-28(23)32-19-17-31(18-20-32)16-15-25(24-10-8-11-26(29)21-24)22-30(2)35(33,34)27-12-4-3-5-13-27/h3-14,21,25H,15-20,22H2,1-2H3. The van der Waals surface area contributed by atoms with E-state index in [1.54, 1.807) is 31.3 Å². The molecule has 5 nitrogen and oxygen atoms in total. The molecular formula is C28H34ClN3O2S. The predicted molar refractivity (Wildman–Crippen MR) is 145 cm³/mol. The lowest BCUT2D eigenvalue weighted by Crippen LogP contribution is -2.47. The molecule has 1 saturated heterocycles. The van der Waals surface area contributed by atoms with Crippen molar-refractivity contribution in [3.8, 4) is 0 Å². The van der Waals surface area contributed by atoms with Crippen molar-refractivity contribution < 1.29 is 8.42 Å². The van der Waals surface area contributed by atoms with Gasteiger partial charge in [0.25, 0.3) is 0 Å². The van der Waals surface area contributed by atoms with Gasteiger partial charge in [-0.15, -0.1) is 0 Å². The van der Waals surface area contributed by atoms with Crippen LogP contribution >= 0.6 is 11.6 Å². The maximum atomic E-state index is 13.2. The van der Waals surface area contributed by atoms with Gasteiger partial charge in [-0.05, 0) is 67.3 Å². The molecule has 0 bridgehead atoms. The number of rotatable bonds is 9. The summed E-state index contributed by atoms with van der Waals surface area (Å²) in [7, 11) is -1.89. The third kappa shape index (κ3) is 6.44. The number of hydrogen-bond acceptors (Lipinski definition) is 4. The van der Waals surface area contributed by atoms with Crippen LogP contribution in [0.15, 0.2) is 83.8 Å². The summed E-state index contributed by atoms with van der Waals surface area (Å²) in [5.41, 5.74) is 3.70. The number of para-hydroxylation sites is 1. The fourth-order valence-electron chi connectivity index (χ4n) is 4.77. The number of nitrogens with zero attached hydrogens (tertiary/aromatic N) is 3. The van der Waals surface area contributed by atoms with Gasteiger partial charge in [0.05, 0.1) is 4.90 Å². The summed E-state index contributed by atoms with van der Waals surface area (Å²) in [6, 6.07) is 25.0. The van der Waals surface area contributed by atoms with Crippen LogP contribution in [0.1, 0.15) is 23.5 Å². The summed E-state index contributed by atoms with van der Waals surface area (Å²) in [4.78, 5) is 5.26. The van der Waals surface area contributed by atoms with Crippen molar-refractivity contribution in [1.82, 2.24) is 9.21 Å². The van der Waals surface area contributed by atoms with Gasteiger partial charge in [0, 0.05) is 50.5 Å². The zero-order valence-corrected chi connectivity index (χ0v) is 22.0. The second-order valence-electron chi connectivity index (χ2n) is 9.25. The Kier molecular flexibility index (Phi) is 8.50. The van der Waals surface area contributed by atoms with E-state index < -0.39 is 10.0 Å². The molecule has 1 fully saturated rings. The van der Waals surface area contributed by atoms with Gasteiger partial charge in [0.15, 0.2) is 0 Å². The topological polar surface area (TPSA) is 43.9 Å². The molecule has 7 heteroatoms. The second-order valence-corrected chi connectivity index (χ2v) is 11.7. The average molecular weight is 512 g/mol. The van der Waals surface area contributed by atoms with Crippen LogP contribution in [0.4, 0.5) is 5.69 Å². The number of likely N-dealkylation sites (N-methyl/N-ethyl adjacent to an activating group) is 1. The van der Waals surface area contributed by atoms with Crippen molar-refractivity contribution in [2.75, 3.05) is 51.2 Å². The van der Waals surface area contributed by atoms with Gasteiger partial charge in [0.1, 0.15) is 0 Å². The molecule has 1 aliphatic heterocycles. The van der Waals surface area contributed by atoms with E-state index >= 15 is 0 Å². The lowest BCUT2D eigenvalue weighted by Gasteiger charge is -2.37. The fraction of sp³-hybridized carbons (Fsp3) is 0.357. The molecule has 0 aromatic heterocycles. The molecule has 35 heavy (non-hydrogen) atoms. The van der Waals surface area contributed by atoms with Crippen LogP contribution in [-0.2, 0) is 10.0 Å². The lowest BCUT2D eigenvalue weighted by atomic mass is 9.95. The Balaban J connectivity index is 1.42. The first-order valence-corrected chi connectivity index (χ1v) is 14.0. The van der Waals surface area contributed by atoms with Gasteiger partial charge in [-0.2, -0.15) is 0 Å². The van der Waals surface area contributed by atoms with E-state index in [1.165, 1.54) is 15.6 Å².